The Bertz CT molecular complexity index is 314. The Morgan fingerprint density at radius 3 is 2.76 bits per heavy atom. The van der Waals surface area contributed by atoms with Crippen LogP contribution in [0.3, 0.4) is 0 Å². The summed E-state index contributed by atoms with van der Waals surface area (Å²) >= 11 is 0. The van der Waals surface area contributed by atoms with Crippen LogP contribution in [-0.2, 0) is 9.53 Å². The van der Waals surface area contributed by atoms with Crippen LogP contribution < -0.4 is 10.1 Å². The van der Waals surface area contributed by atoms with Crippen LogP contribution in [0.5, 0.6) is 5.75 Å². The Balaban J connectivity index is 2.05. The molecule has 1 amide bonds. The van der Waals surface area contributed by atoms with Gasteiger partial charge in [0.05, 0.1) is 0 Å². The van der Waals surface area contributed by atoms with E-state index in [1.807, 2.05) is 37.3 Å². The maximum atomic E-state index is 11.4. The first-order valence-corrected chi connectivity index (χ1v) is 5.85. The molecule has 0 atom stereocenters. The summed E-state index contributed by atoms with van der Waals surface area (Å²) in [6.45, 7) is 4.02. The summed E-state index contributed by atoms with van der Waals surface area (Å²) in [6, 6.07) is 9.29. The maximum absolute atomic E-state index is 11.4. The lowest BCUT2D eigenvalue weighted by molar-refractivity contribution is -0.123. The Kier molecular flexibility index (Phi) is 6.82. The number of benzene rings is 1. The van der Waals surface area contributed by atoms with Gasteiger partial charge in [0.15, 0.2) is 6.61 Å². The normalized spacial score (nSPS) is 9.94. The van der Waals surface area contributed by atoms with Gasteiger partial charge in [0.1, 0.15) is 5.75 Å². The zero-order valence-electron chi connectivity index (χ0n) is 10.1. The first kappa shape index (κ1) is 13.5. The standard InChI is InChI=1S/C13H19NO3/c1-2-16-10-6-9-14-13(15)11-17-12-7-4-3-5-8-12/h3-5,7-8H,2,6,9-11H2,1H3,(H,14,15). The van der Waals surface area contributed by atoms with Gasteiger partial charge in [-0.15, -0.1) is 0 Å². The van der Waals surface area contributed by atoms with Crippen LogP contribution in [0, 0.1) is 0 Å². The predicted molar refractivity (Wildman–Crippen MR) is 66.1 cm³/mol. The minimum absolute atomic E-state index is 0.0542. The van der Waals surface area contributed by atoms with Crippen molar-refractivity contribution < 1.29 is 14.3 Å². The number of nitrogens with one attached hydrogen (secondary N) is 1. The molecule has 0 aliphatic rings. The van der Waals surface area contributed by atoms with Crippen molar-refractivity contribution in [2.24, 2.45) is 0 Å². The van der Waals surface area contributed by atoms with Crippen molar-refractivity contribution in [2.45, 2.75) is 13.3 Å². The van der Waals surface area contributed by atoms with Gasteiger partial charge in [-0.05, 0) is 25.5 Å². The van der Waals surface area contributed by atoms with E-state index in [1.165, 1.54) is 0 Å². The largest absolute Gasteiger partial charge is 0.484 e. The molecule has 0 bridgehead atoms. The molecule has 0 aliphatic heterocycles. The quantitative estimate of drug-likeness (QED) is 0.699. The van der Waals surface area contributed by atoms with Gasteiger partial charge in [-0.3, -0.25) is 4.79 Å². The summed E-state index contributed by atoms with van der Waals surface area (Å²) in [5.74, 6) is 0.599. The molecular weight excluding hydrogens is 218 g/mol. The van der Waals surface area contributed by atoms with E-state index in [4.69, 9.17) is 9.47 Å². The zero-order valence-corrected chi connectivity index (χ0v) is 10.1. The monoisotopic (exact) mass is 237 g/mol. The SMILES string of the molecule is CCOCCCNC(=O)COc1ccccc1. The van der Waals surface area contributed by atoms with Gasteiger partial charge in [0.25, 0.3) is 5.91 Å². The number of amides is 1. The van der Waals surface area contributed by atoms with Gasteiger partial charge < -0.3 is 14.8 Å². The molecule has 4 nitrogen and oxygen atoms in total. The van der Waals surface area contributed by atoms with E-state index in [2.05, 4.69) is 5.32 Å². The first-order chi connectivity index (χ1) is 8.33. The van der Waals surface area contributed by atoms with Gasteiger partial charge in [0, 0.05) is 19.8 Å². The van der Waals surface area contributed by atoms with Gasteiger partial charge in [-0.1, -0.05) is 18.2 Å². The zero-order chi connectivity index (χ0) is 12.3. The van der Waals surface area contributed by atoms with E-state index in [0.29, 0.717) is 25.5 Å². The molecule has 0 unspecified atom stereocenters. The number of rotatable bonds is 8. The van der Waals surface area contributed by atoms with Crippen molar-refractivity contribution in [1.29, 1.82) is 0 Å². The fraction of sp³-hybridized carbons (Fsp3) is 0.462. The molecule has 0 heterocycles. The van der Waals surface area contributed by atoms with Crippen LogP contribution in [-0.4, -0.2) is 32.3 Å². The Morgan fingerprint density at radius 2 is 2.06 bits per heavy atom. The predicted octanol–water partition coefficient (Wildman–Crippen LogP) is 1.61. The minimum Gasteiger partial charge on any atom is -0.484 e. The van der Waals surface area contributed by atoms with Crippen LogP contribution in [0.2, 0.25) is 0 Å². The molecule has 1 aromatic rings. The van der Waals surface area contributed by atoms with Crippen molar-refractivity contribution in [3.63, 3.8) is 0 Å². The Labute approximate surface area is 102 Å². The van der Waals surface area contributed by atoms with Crippen LogP contribution >= 0.6 is 0 Å². The summed E-state index contributed by atoms with van der Waals surface area (Å²) in [4.78, 5) is 11.4. The molecule has 0 spiro atoms. The molecule has 0 saturated carbocycles. The van der Waals surface area contributed by atoms with E-state index in [9.17, 15) is 4.79 Å². The van der Waals surface area contributed by atoms with Gasteiger partial charge in [-0.2, -0.15) is 0 Å². The van der Waals surface area contributed by atoms with Crippen LogP contribution in [0.4, 0.5) is 0 Å². The van der Waals surface area contributed by atoms with Gasteiger partial charge in [0.2, 0.25) is 0 Å². The van der Waals surface area contributed by atoms with Gasteiger partial charge in [-0.25, -0.2) is 0 Å². The number of hydrogen-bond acceptors (Lipinski definition) is 3. The topological polar surface area (TPSA) is 47.6 Å². The highest BCUT2D eigenvalue weighted by Gasteiger charge is 2.01. The van der Waals surface area contributed by atoms with E-state index in [1.54, 1.807) is 0 Å². The number of carbonyl (C=O) groups excluding carboxylic acids is 1. The summed E-state index contributed by atoms with van der Waals surface area (Å²) in [5.41, 5.74) is 0. The maximum Gasteiger partial charge on any atom is 0.257 e. The second-order valence-electron chi connectivity index (χ2n) is 3.50. The minimum atomic E-state index is -0.106. The molecule has 1 N–H and O–H groups in total. The molecule has 0 radical (unpaired) electrons. The molecule has 0 saturated heterocycles. The number of hydrogen-bond donors (Lipinski definition) is 1. The summed E-state index contributed by atoms with van der Waals surface area (Å²) in [7, 11) is 0. The second-order valence-corrected chi connectivity index (χ2v) is 3.50. The average Bonchev–Trinajstić information content (AvgIpc) is 2.37. The third kappa shape index (κ3) is 6.58. The molecule has 0 aromatic heterocycles. The summed E-state index contributed by atoms with van der Waals surface area (Å²) in [5, 5.41) is 2.77. The highest BCUT2D eigenvalue weighted by atomic mass is 16.5. The van der Waals surface area contributed by atoms with E-state index < -0.39 is 0 Å². The van der Waals surface area contributed by atoms with Crippen LogP contribution in [0.15, 0.2) is 30.3 Å². The summed E-state index contributed by atoms with van der Waals surface area (Å²) in [6.07, 6.45) is 0.824. The highest BCUT2D eigenvalue weighted by molar-refractivity contribution is 5.77. The molecule has 4 heteroatoms. The van der Waals surface area contributed by atoms with Crippen LogP contribution in [0.1, 0.15) is 13.3 Å². The lowest BCUT2D eigenvalue weighted by atomic mass is 10.3. The molecule has 0 aliphatic carbocycles. The number of carbonyl (C=O) groups is 1. The second kappa shape index (κ2) is 8.58. The molecule has 94 valence electrons. The highest BCUT2D eigenvalue weighted by Crippen LogP contribution is 2.07. The van der Waals surface area contributed by atoms with E-state index >= 15 is 0 Å². The lowest BCUT2D eigenvalue weighted by Gasteiger charge is -2.07. The number of para-hydroxylation sites is 1. The fourth-order valence-electron chi connectivity index (χ4n) is 1.26. The number of ether oxygens (including phenoxy) is 2. The molecule has 0 fully saturated rings. The molecule has 17 heavy (non-hydrogen) atoms. The first-order valence-electron chi connectivity index (χ1n) is 5.85. The molecule has 1 aromatic carbocycles. The molecular formula is C13H19NO3. The molecule has 1 rings (SSSR count). The lowest BCUT2D eigenvalue weighted by Crippen LogP contribution is -2.30. The summed E-state index contributed by atoms with van der Waals surface area (Å²) < 4.78 is 10.5. The van der Waals surface area contributed by atoms with Crippen molar-refractivity contribution in [1.82, 2.24) is 5.32 Å². The smallest absolute Gasteiger partial charge is 0.257 e. The average molecular weight is 237 g/mol. The van der Waals surface area contributed by atoms with E-state index in [-0.39, 0.29) is 12.5 Å². The van der Waals surface area contributed by atoms with Crippen molar-refractivity contribution in [2.75, 3.05) is 26.4 Å². The Hall–Kier alpha value is -1.55. The third-order valence-electron chi connectivity index (χ3n) is 2.10. The van der Waals surface area contributed by atoms with E-state index in [0.717, 1.165) is 6.42 Å². The third-order valence-corrected chi connectivity index (χ3v) is 2.10. The van der Waals surface area contributed by atoms with Crippen molar-refractivity contribution in [3.05, 3.63) is 30.3 Å². The van der Waals surface area contributed by atoms with Crippen molar-refractivity contribution in [3.8, 4) is 5.75 Å². The van der Waals surface area contributed by atoms with Gasteiger partial charge >= 0.3 is 0 Å². The fourth-order valence-corrected chi connectivity index (χ4v) is 1.26. The van der Waals surface area contributed by atoms with Crippen LogP contribution in [0.25, 0.3) is 0 Å². The van der Waals surface area contributed by atoms with Crippen molar-refractivity contribution >= 4 is 5.91 Å². The Morgan fingerprint density at radius 1 is 1.29 bits per heavy atom.